The van der Waals surface area contributed by atoms with E-state index < -0.39 is 4.92 Å². The van der Waals surface area contributed by atoms with Crippen LogP contribution in [0.2, 0.25) is 0 Å². The summed E-state index contributed by atoms with van der Waals surface area (Å²) in [7, 11) is 1.39. The van der Waals surface area contributed by atoms with E-state index in [1.807, 2.05) is 4.90 Å². The first-order chi connectivity index (χ1) is 13.8. The molecular formula is C19H29N5O5. The number of carbonyl (C=O) groups is 2. The lowest BCUT2D eigenvalue weighted by atomic mass is 10.2. The number of hydrogen-bond acceptors (Lipinski definition) is 7. The lowest BCUT2D eigenvalue weighted by molar-refractivity contribution is -0.384. The molecule has 0 bridgehead atoms. The summed E-state index contributed by atoms with van der Waals surface area (Å²) >= 11 is 0. The van der Waals surface area contributed by atoms with Gasteiger partial charge in [0.25, 0.3) is 5.69 Å². The lowest BCUT2D eigenvalue weighted by Gasteiger charge is -2.33. The molecule has 0 saturated carbocycles. The van der Waals surface area contributed by atoms with Crippen molar-refractivity contribution in [2.75, 3.05) is 58.2 Å². The zero-order valence-corrected chi connectivity index (χ0v) is 17.1. The largest absolute Gasteiger partial charge is 0.494 e. The number of carbonyl (C=O) groups excluding carboxylic acids is 2. The van der Waals surface area contributed by atoms with E-state index in [0.717, 1.165) is 0 Å². The standard InChI is InChI=1S/C19H29N5O5/c1-14(2)11-20-18(25)12-22-6-8-23(9-7-22)13-19(26)21-16-5-4-15(24(27)28)10-17(16)29-3/h4-5,10,14H,6-9,11-13H2,1-3H3,(H,20,25)(H,21,26). The van der Waals surface area contributed by atoms with Crippen LogP contribution in [0.4, 0.5) is 11.4 Å². The number of rotatable bonds is 9. The van der Waals surface area contributed by atoms with E-state index in [4.69, 9.17) is 4.74 Å². The number of nitrogens with zero attached hydrogens (tertiary/aromatic N) is 3. The summed E-state index contributed by atoms with van der Waals surface area (Å²) in [4.78, 5) is 38.7. The minimum absolute atomic E-state index is 0.0233. The van der Waals surface area contributed by atoms with Gasteiger partial charge in [0.15, 0.2) is 0 Å². The molecule has 1 saturated heterocycles. The fourth-order valence-corrected chi connectivity index (χ4v) is 2.97. The van der Waals surface area contributed by atoms with E-state index in [0.29, 0.717) is 50.9 Å². The third-order valence-electron chi connectivity index (χ3n) is 4.58. The molecule has 160 valence electrons. The van der Waals surface area contributed by atoms with Gasteiger partial charge in [-0.2, -0.15) is 0 Å². The Hall–Kier alpha value is -2.72. The summed E-state index contributed by atoms with van der Waals surface area (Å²) in [5.41, 5.74) is 0.289. The quantitative estimate of drug-likeness (QED) is 0.462. The Morgan fingerprint density at radius 2 is 1.72 bits per heavy atom. The molecule has 1 heterocycles. The molecule has 29 heavy (non-hydrogen) atoms. The monoisotopic (exact) mass is 407 g/mol. The molecule has 10 nitrogen and oxygen atoms in total. The molecule has 0 atom stereocenters. The molecule has 0 aromatic heterocycles. The Kier molecular flexibility index (Phi) is 8.34. The van der Waals surface area contributed by atoms with Crippen molar-refractivity contribution in [3.05, 3.63) is 28.3 Å². The van der Waals surface area contributed by atoms with Crippen LogP contribution >= 0.6 is 0 Å². The van der Waals surface area contributed by atoms with Gasteiger partial charge in [0.1, 0.15) is 5.75 Å². The van der Waals surface area contributed by atoms with E-state index in [9.17, 15) is 19.7 Å². The Labute approximate surface area is 170 Å². The SMILES string of the molecule is COc1cc([N+](=O)[O-])ccc1NC(=O)CN1CCN(CC(=O)NCC(C)C)CC1. The smallest absolute Gasteiger partial charge is 0.273 e. The van der Waals surface area contributed by atoms with Crippen LogP contribution in [0.15, 0.2) is 18.2 Å². The number of non-ortho nitro benzene ring substituents is 1. The zero-order valence-electron chi connectivity index (χ0n) is 17.1. The summed E-state index contributed by atoms with van der Waals surface area (Å²) in [5.74, 6) is 0.462. The molecule has 0 aliphatic carbocycles. The molecule has 0 unspecified atom stereocenters. The van der Waals surface area contributed by atoms with Crippen molar-refractivity contribution < 1.29 is 19.2 Å². The first kappa shape index (κ1) is 22.6. The fraction of sp³-hybridized carbons (Fsp3) is 0.579. The second-order valence-corrected chi connectivity index (χ2v) is 7.44. The van der Waals surface area contributed by atoms with Gasteiger partial charge in [0, 0.05) is 38.8 Å². The van der Waals surface area contributed by atoms with E-state index in [1.165, 1.54) is 25.3 Å². The van der Waals surface area contributed by atoms with Crippen LogP contribution in [0.25, 0.3) is 0 Å². The maximum atomic E-state index is 12.4. The second-order valence-electron chi connectivity index (χ2n) is 7.44. The van der Waals surface area contributed by atoms with Gasteiger partial charge < -0.3 is 15.4 Å². The van der Waals surface area contributed by atoms with E-state index >= 15 is 0 Å². The van der Waals surface area contributed by atoms with Gasteiger partial charge >= 0.3 is 0 Å². The first-order valence-electron chi connectivity index (χ1n) is 9.62. The number of nitro benzene ring substituents is 1. The minimum atomic E-state index is -0.517. The molecule has 1 aliphatic heterocycles. The molecule has 2 N–H and O–H groups in total. The van der Waals surface area contributed by atoms with Crippen molar-refractivity contribution in [1.29, 1.82) is 0 Å². The summed E-state index contributed by atoms with van der Waals surface area (Å²) < 4.78 is 5.14. The van der Waals surface area contributed by atoms with Crippen LogP contribution < -0.4 is 15.4 Å². The summed E-state index contributed by atoms with van der Waals surface area (Å²) in [5, 5.41) is 16.5. The maximum absolute atomic E-state index is 12.4. The average Bonchev–Trinajstić information content (AvgIpc) is 2.68. The van der Waals surface area contributed by atoms with Gasteiger partial charge in [-0.3, -0.25) is 29.5 Å². The predicted molar refractivity (Wildman–Crippen MR) is 109 cm³/mol. The number of anilines is 1. The van der Waals surface area contributed by atoms with E-state index in [2.05, 4.69) is 29.4 Å². The van der Waals surface area contributed by atoms with Crippen molar-refractivity contribution in [1.82, 2.24) is 15.1 Å². The van der Waals surface area contributed by atoms with Crippen LogP contribution in [0.1, 0.15) is 13.8 Å². The molecule has 10 heteroatoms. The Bertz CT molecular complexity index is 732. The van der Waals surface area contributed by atoms with Crippen LogP contribution in [-0.4, -0.2) is 79.5 Å². The number of nitro groups is 1. The maximum Gasteiger partial charge on any atom is 0.273 e. The normalized spacial score (nSPS) is 15.2. The van der Waals surface area contributed by atoms with Crippen LogP contribution in [-0.2, 0) is 9.59 Å². The second kappa shape index (κ2) is 10.7. The van der Waals surface area contributed by atoms with Crippen molar-refractivity contribution in [2.24, 2.45) is 5.92 Å². The van der Waals surface area contributed by atoms with Crippen LogP contribution in [0, 0.1) is 16.0 Å². The number of nitrogens with one attached hydrogen (secondary N) is 2. The Morgan fingerprint density at radius 1 is 1.14 bits per heavy atom. The molecule has 0 radical (unpaired) electrons. The lowest BCUT2D eigenvalue weighted by Crippen LogP contribution is -2.51. The number of ether oxygens (including phenoxy) is 1. The minimum Gasteiger partial charge on any atom is -0.494 e. The fourth-order valence-electron chi connectivity index (χ4n) is 2.97. The van der Waals surface area contributed by atoms with Crippen LogP contribution in [0.3, 0.4) is 0 Å². The topological polar surface area (TPSA) is 117 Å². The van der Waals surface area contributed by atoms with Crippen molar-refractivity contribution in [3.8, 4) is 5.75 Å². The van der Waals surface area contributed by atoms with E-state index in [1.54, 1.807) is 0 Å². The number of methoxy groups -OCH3 is 1. The number of benzene rings is 1. The number of piperazine rings is 1. The molecule has 1 aromatic carbocycles. The predicted octanol–water partition coefficient (Wildman–Crippen LogP) is 0.932. The van der Waals surface area contributed by atoms with Crippen molar-refractivity contribution >= 4 is 23.2 Å². The summed E-state index contributed by atoms with van der Waals surface area (Å²) in [6, 6.07) is 4.06. The van der Waals surface area contributed by atoms with E-state index in [-0.39, 0.29) is 29.8 Å². The van der Waals surface area contributed by atoms with Crippen LogP contribution in [0.5, 0.6) is 5.75 Å². The Balaban J connectivity index is 1.78. The highest BCUT2D eigenvalue weighted by atomic mass is 16.6. The molecule has 1 aromatic rings. The van der Waals surface area contributed by atoms with Gasteiger partial charge in [-0.15, -0.1) is 0 Å². The number of amides is 2. The molecule has 2 rings (SSSR count). The van der Waals surface area contributed by atoms with Crippen molar-refractivity contribution in [2.45, 2.75) is 13.8 Å². The third kappa shape index (κ3) is 7.31. The Morgan fingerprint density at radius 3 is 2.24 bits per heavy atom. The summed E-state index contributed by atoms with van der Waals surface area (Å²) in [6.07, 6.45) is 0. The zero-order chi connectivity index (χ0) is 21.4. The highest BCUT2D eigenvalue weighted by molar-refractivity contribution is 5.94. The summed E-state index contributed by atoms with van der Waals surface area (Å²) in [6.45, 7) is 8.13. The molecule has 0 spiro atoms. The average molecular weight is 407 g/mol. The van der Waals surface area contributed by atoms with Gasteiger partial charge in [-0.25, -0.2) is 0 Å². The number of hydrogen-bond donors (Lipinski definition) is 2. The molecule has 1 aliphatic rings. The van der Waals surface area contributed by atoms with Crippen molar-refractivity contribution in [3.63, 3.8) is 0 Å². The van der Waals surface area contributed by atoms with Gasteiger partial charge in [0.2, 0.25) is 11.8 Å². The first-order valence-corrected chi connectivity index (χ1v) is 9.62. The molecular weight excluding hydrogens is 378 g/mol. The van der Waals surface area contributed by atoms with Gasteiger partial charge in [0.05, 0.1) is 36.9 Å². The highest BCUT2D eigenvalue weighted by Gasteiger charge is 2.21. The highest BCUT2D eigenvalue weighted by Crippen LogP contribution is 2.28. The van der Waals surface area contributed by atoms with Gasteiger partial charge in [-0.1, -0.05) is 13.8 Å². The van der Waals surface area contributed by atoms with Gasteiger partial charge in [-0.05, 0) is 12.0 Å². The molecule has 2 amide bonds. The molecule has 1 fully saturated rings. The third-order valence-corrected chi connectivity index (χ3v) is 4.58.